The molecule has 1 N–H and O–H groups in total. The molecule has 2 amide bonds. The summed E-state index contributed by atoms with van der Waals surface area (Å²) in [6.07, 6.45) is 1.63. The fourth-order valence-corrected chi connectivity index (χ4v) is 2.37. The van der Waals surface area contributed by atoms with Crippen LogP contribution in [0.5, 0.6) is 0 Å². The Labute approximate surface area is 112 Å². The SMILES string of the molecule is CCCN(C)C(=O)N1CCc2cc(C(=O)O)ccc21. The van der Waals surface area contributed by atoms with E-state index in [1.54, 1.807) is 35.0 Å². The van der Waals surface area contributed by atoms with E-state index in [1.165, 1.54) is 0 Å². The van der Waals surface area contributed by atoms with Gasteiger partial charge in [-0.15, -0.1) is 0 Å². The maximum atomic E-state index is 12.3. The molecule has 0 aliphatic carbocycles. The zero-order chi connectivity index (χ0) is 14.0. The first-order valence-corrected chi connectivity index (χ1v) is 6.43. The quantitative estimate of drug-likeness (QED) is 0.908. The van der Waals surface area contributed by atoms with Crippen LogP contribution in [0.2, 0.25) is 0 Å². The normalized spacial score (nSPS) is 13.3. The van der Waals surface area contributed by atoms with Crippen LogP contribution >= 0.6 is 0 Å². The molecule has 1 aromatic carbocycles. The summed E-state index contributed by atoms with van der Waals surface area (Å²) in [4.78, 5) is 26.6. The molecule has 1 aliphatic heterocycles. The zero-order valence-corrected chi connectivity index (χ0v) is 11.2. The van der Waals surface area contributed by atoms with Crippen LogP contribution in [0.1, 0.15) is 29.3 Å². The van der Waals surface area contributed by atoms with E-state index in [9.17, 15) is 9.59 Å². The first kappa shape index (κ1) is 13.4. The van der Waals surface area contributed by atoms with Crippen molar-refractivity contribution < 1.29 is 14.7 Å². The van der Waals surface area contributed by atoms with Crippen LogP contribution < -0.4 is 4.90 Å². The van der Waals surface area contributed by atoms with Crippen LogP contribution in [0.25, 0.3) is 0 Å². The van der Waals surface area contributed by atoms with Gasteiger partial charge in [-0.3, -0.25) is 4.90 Å². The minimum atomic E-state index is -0.935. The molecule has 102 valence electrons. The van der Waals surface area contributed by atoms with Gasteiger partial charge in [0.1, 0.15) is 0 Å². The van der Waals surface area contributed by atoms with E-state index < -0.39 is 5.97 Å². The zero-order valence-electron chi connectivity index (χ0n) is 11.2. The van der Waals surface area contributed by atoms with Gasteiger partial charge in [0.25, 0.3) is 0 Å². The molecule has 5 nitrogen and oxygen atoms in total. The summed E-state index contributed by atoms with van der Waals surface area (Å²) >= 11 is 0. The molecule has 0 spiro atoms. The van der Waals surface area contributed by atoms with Crippen LogP contribution in [-0.2, 0) is 6.42 Å². The Bertz CT molecular complexity index is 513. The van der Waals surface area contributed by atoms with Gasteiger partial charge in [0.05, 0.1) is 5.56 Å². The number of anilines is 1. The Morgan fingerprint density at radius 1 is 1.42 bits per heavy atom. The van der Waals surface area contributed by atoms with Gasteiger partial charge in [0.15, 0.2) is 0 Å². The van der Waals surface area contributed by atoms with Crippen LogP contribution in [-0.4, -0.2) is 42.1 Å². The van der Waals surface area contributed by atoms with Gasteiger partial charge in [-0.1, -0.05) is 6.92 Å². The summed E-state index contributed by atoms with van der Waals surface area (Å²) < 4.78 is 0. The average Bonchev–Trinajstić information content (AvgIpc) is 2.80. The van der Waals surface area contributed by atoms with E-state index in [2.05, 4.69) is 0 Å². The van der Waals surface area contributed by atoms with Gasteiger partial charge >= 0.3 is 12.0 Å². The number of carboxylic acid groups (broad SMARTS) is 1. The largest absolute Gasteiger partial charge is 0.478 e. The van der Waals surface area contributed by atoms with Crippen molar-refractivity contribution in [1.29, 1.82) is 0 Å². The first-order chi connectivity index (χ1) is 9.04. The molecule has 0 fully saturated rings. The third-order valence-corrected chi connectivity index (χ3v) is 3.34. The van der Waals surface area contributed by atoms with Crippen LogP contribution in [0.3, 0.4) is 0 Å². The molecule has 19 heavy (non-hydrogen) atoms. The van der Waals surface area contributed by atoms with E-state index in [0.717, 1.165) is 24.2 Å². The molecule has 1 heterocycles. The highest BCUT2D eigenvalue weighted by molar-refractivity contribution is 5.95. The summed E-state index contributed by atoms with van der Waals surface area (Å²) in [6, 6.07) is 4.91. The minimum Gasteiger partial charge on any atom is -0.478 e. The molecular weight excluding hydrogens is 244 g/mol. The van der Waals surface area contributed by atoms with Crippen LogP contribution in [0, 0.1) is 0 Å². The number of hydrogen-bond acceptors (Lipinski definition) is 2. The van der Waals surface area contributed by atoms with Gasteiger partial charge in [-0.25, -0.2) is 9.59 Å². The number of carbonyl (C=O) groups is 2. The van der Waals surface area contributed by atoms with Gasteiger partial charge in [0, 0.05) is 25.8 Å². The van der Waals surface area contributed by atoms with Gasteiger partial charge in [0.2, 0.25) is 0 Å². The van der Waals surface area contributed by atoms with E-state index in [0.29, 0.717) is 13.0 Å². The second-order valence-electron chi connectivity index (χ2n) is 4.75. The topological polar surface area (TPSA) is 60.9 Å². The van der Waals surface area contributed by atoms with Crippen molar-refractivity contribution in [2.75, 3.05) is 25.0 Å². The second kappa shape index (κ2) is 5.30. The maximum absolute atomic E-state index is 12.3. The maximum Gasteiger partial charge on any atom is 0.335 e. The first-order valence-electron chi connectivity index (χ1n) is 6.43. The summed E-state index contributed by atoms with van der Waals surface area (Å²) in [7, 11) is 1.79. The third kappa shape index (κ3) is 2.54. The molecule has 5 heteroatoms. The molecule has 1 aromatic rings. The van der Waals surface area contributed by atoms with E-state index in [4.69, 9.17) is 5.11 Å². The lowest BCUT2D eigenvalue weighted by Gasteiger charge is -2.24. The Morgan fingerprint density at radius 2 is 2.16 bits per heavy atom. The highest BCUT2D eigenvalue weighted by Gasteiger charge is 2.27. The highest BCUT2D eigenvalue weighted by atomic mass is 16.4. The molecule has 2 rings (SSSR count). The molecule has 0 aromatic heterocycles. The molecule has 1 aliphatic rings. The average molecular weight is 262 g/mol. The van der Waals surface area contributed by atoms with Gasteiger partial charge < -0.3 is 10.0 Å². The van der Waals surface area contributed by atoms with Crippen molar-refractivity contribution >= 4 is 17.7 Å². The minimum absolute atomic E-state index is 0.0244. The molecule has 0 radical (unpaired) electrons. The van der Waals surface area contributed by atoms with Crippen molar-refractivity contribution in [3.8, 4) is 0 Å². The number of nitrogens with zero attached hydrogens (tertiary/aromatic N) is 2. The summed E-state index contributed by atoms with van der Waals surface area (Å²) in [6.45, 7) is 3.37. The van der Waals surface area contributed by atoms with Crippen LogP contribution in [0.4, 0.5) is 10.5 Å². The van der Waals surface area contributed by atoms with Gasteiger partial charge in [-0.05, 0) is 36.6 Å². The monoisotopic (exact) mass is 262 g/mol. The van der Waals surface area contributed by atoms with Crippen molar-refractivity contribution in [2.24, 2.45) is 0 Å². The Balaban J connectivity index is 2.23. The van der Waals surface area contributed by atoms with Crippen molar-refractivity contribution in [1.82, 2.24) is 4.90 Å². The van der Waals surface area contributed by atoms with E-state index >= 15 is 0 Å². The van der Waals surface area contributed by atoms with Gasteiger partial charge in [-0.2, -0.15) is 0 Å². The molecule has 0 bridgehead atoms. The molecule has 0 saturated carbocycles. The lowest BCUT2D eigenvalue weighted by molar-refractivity contribution is 0.0697. The number of fused-ring (bicyclic) bond motifs is 1. The number of amides is 2. The lowest BCUT2D eigenvalue weighted by atomic mass is 10.1. The van der Waals surface area contributed by atoms with Crippen molar-refractivity contribution in [2.45, 2.75) is 19.8 Å². The fourth-order valence-electron chi connectivity index (χ4n) is 2.37. The number of benzene rings is 1. The Morgan fingerprint density at radius 3 is 2.79 bits per heavy atom. The molecule has 0 saturated heterocycles. The molecule has 0 unspecified atom stereocenters. The predicted molar refractivity (Wildman–Crippen MR) is 72.8 cm³/mol. The summed E-state index contributed by atoms with van der Waals surface area (Å²) in [5.41, 5.74) is 2.03. The van der Waals surface area contributed by atoms with Crippen molar-refractivity contribution in [3.63, 3.8) is 0 Å². The van der Waals surface area contributed by atoms with E-state index in [-0.39, 0.29) is 11.6 Å². The lowest BCUT2D eigenvalue weighted by Crippen LogP contribution is -2.40. The second-order valence-corrected chi connectivity index (χ2v) is 4.75. The predicted octanol–water partition coefficient (Wildman–Crippen LogP) is 2.21. The highest BCUT2D eigenvalue weighted by Crippen LogP contribution is 2.29. The molecular formula is C14H18N2O3. The number of urea groups is 1. The number of rotatable bonds is 3. The number of carboxylic acids is 1. The number of carbonyl (C=O) groups excluding carboxylic acids is 1. The standard InChI is InChI=1S/C14H18N2O3/c1-3-7-15(2)14(19)16-8-6-10-9-11(13(17)18)4-5-12(10)16/h4-5,9H,3,6-8H2,1-2H3,(H,17,18). The number of aromatic carboxylic acids is 1. The van der Waals surface area contributed by atoms with Crippen molar-refractivity contribution in [3.05, 3.63) is 29.3 Å². The smallest absolute Gasteiger partial charge is 0.335 e. The Hall–Kier alpha value is -2.04. The molecule has 0 atom stereocenters. The Kier molecular flexibility index (Phi) is 3.74. The van der Waals surface area contributed by atoms with E-state index in [1.807, 2.05) is 6.92 Å². The summed E-state index contributed by atoms with van der Waals surface area (Å²) in [5, 5.41) is 8.96. The number of hydrogen-bond donors (Lipinski definition) is 1. The third-order valence-electron chi connectivity index (χ3n) is 3.34. The summed E-state index contributed by atoms with van der Waals surface area (Å²) in [5.74, 6) is -0.935. The van der Waals surface area contributed by atoms with Crippen LogP contribution in [0.15, 0.2) is 18.2 Å². The fraction of sp³-hybridized carbons (Fsp3) is 0.429.